The van der Waals surface area contributed by atoms with E-state index in [1.807, 2.05) is 0 Å². The Bertz CT molecular complexity index is 792. The van der Waals surface area contributed by atoms with E-state index in [1.165, 1.54) is 12.1 Å². The van der Waals surface area contributed by atoms with Crippen molar-refractivity contribution in [2.45, 2.75) is 24.3 Å². The molecule has 2 aromatic rings. The quantitative estimate of drug-likeness (QED) is 0.811. The Morgan fingerprint density at radius 3 is 2.76 bits per heavy atom. The standard InChI is InChI=1S/C13H14ClN3O3S/c1-8(6-13(15)18)17-21(19,20)10-3-4-11-9(7-10)2-5-12(14)16-11/h2-5,7-8,17H,6H2,1H3,(H2,15,18). The van der Waals surface area contributed by atoms with Crippen LogP contribution in [-0.4, -0.2) is 25.4 Å². The van der Waals surface area contributed by atoms with Crippen molar-refractivity contribution in [3.8, 4) is 0 Å². The van der Waals surface area contributed by atoms with E-state index in [9.17, 15) is 13.2 Å². The molecule has 0 radical (unpaired) electrons. The summed E-state index contributed by atoms with van der Waals surface area (Å²) >= 11 is 5.78. The molecule has 1 heterocycles. The average Bonchev–Trinajstić information content (AvgIpc) is 2.36. The number of carbonyl (C=O) groups is 1. The SMILES string of the molecule is CC(CC(N)=O)NS(=O)(=O)c1ccc2nc(Cl)ccc2c1. The van der Waals surface area contributed by atoms with Crippen molar-refractivity contribution in [3.63, 3.8) is 0 Å². The number of sulfonamides is 1. The van der Waals surface area contributed by atoms with Gasteiger partial charge in [0.2, 0.25) is 15.9 Å². The molecule has 2 rings (SSSR count). The van der Waals surface area contributed by atoms with E-state index >= 15 is 0 Å². The van der Waals surface area contributed by atoms with Crippen LogP contribution in [0.2, 0.25) is 5.15 Å². The lowest BCUT2D eigenvalue weighted by atomic mass is 10.2. The predicted octanol–water partition coefficient (Wildman–Crippen LogP) is 1.43. The Morgan fingerprint density at radius 2 is 2.10 bits per heavy atom. The van der Waals surface area contributed by atoms with Gasteiger partial charge < -0.3 is 5.73 Å². The van der Waals surface area contributed by atoms with Crippen molar-refractivity contribution >= 4 is 38.4 Å². The van der Waals surface area contributed by atoms with Crippen molar-refractivity contribution in [1.29, 1.82) is 0 Å². The Hall–Kier alpha value is -1.70. The molecule has 6 nitrogen and oxygen atoms in total. The van der Waals surface area contributed by atoms with Gasteiger partial charge >= 0.3 is 0 Å². The van der Waals surface area contributed by atoms with Gasteiger partial charge in [0, 0.05) is 17.8 Å². The fourth-order valence-electron chi connectivity index (χ4n) is 1.92. The molecule has 0 aliphatic heterocycles. The van der Waals surface area contributed by atoms with Gasteiger partial charge in [0.25, 0.3) is 0 Å². The van der Waals surface area contributed by atoms with Gasteiger partial charge in [0.15, 0.2) is 0 Å². The summed E-state index contributed by atoms with van der Waals surface area (Å²) in [6.07, 6.45) is -0.0655. The van der Waals surface area contributed by atoms with Gasteiger partial charge in [-0.3, -0.25) is 4.79 Å². The highest BCUT2D eigenvalue weighted by Crippen LogP contribution is 2.20. The second kappa shape index (κ2) is 5.97. The van der Waals surface area contributed by atoms with E-state index in [2.05, 4.69) is 9.71 Å². The fraction of sp³-hybridized carbons (Fsp3) is 0.231. The molecular weight excluding hydrogens is 314 g/mol. The van der Waals surface area contributed by atoms with Crippen LogP contribution in [0.15, 0.2) is 35.2 Å². The molecule has 1 aromatic heterocycles. The van der Waals surface area contributed by atoms with E-state index < -0.39 is 22.0 Å². The van der Waals surface area contributed by atoms with Gasteiger partial charge in [-0.05, 0) is 37.3 Å². The molecule has 0 bridgehead atoms. The molecule has 0 spiro atoms. The summed E-state index contributed by atoms with van der Waals surface area (Å²) in [6.45, 7) is 1.57. The topological polar surface area (TPSA) is 102 Å². The lowest BCUT2D eigenvalue weighted by molar-refractivity contribution is -0.118. The largest absolute Gasteiger partial charge is 0.370 e. The molecule has 0 aliphatic rings. The third-order valence-electron chi connectivity index (χ3n) is 2.80. The minimum absolute atomic E-state index is 0.0655. The van der Waals surface area contributed by atoms with Gasteiger partial charge in [-0.15, -0.1) is 0 Å². The Labute approximate surface area is 127 Å². The number of primary amides is 1. The van der Waals surface area contributed by atoms with Crippen LogP contribution in [0.5, 0.6) is 0 Å². The van der Waals surface area contributed by atoms with Crippen molar-refractivity contribution in [1.82, 2.24) is 9.71 Å². The number of halogens is 1. The number of aromatic nitrogens is 1. The molecule has 1 amide bonds. The number of nitrogens with two attached hydrogens (primary N) is 1. The van der Waals surface area contributed by atoms with Gasteiger partial charge in [-0.25, -0.2) is 18.1 Å². The number of hydrogen-bond donors (Lipinski definition) is 2. The number of nitrogens with zero attached hydrogens (tertiary/aromatic N) is 1. The molecule has 21 heavy (non-hydrogen) atoms. The molecule has 112 valence electrons. The van der Waals surface area contributed by atoms with Gasteiger partial charge in [-0.2, -0.15) is 0 Å². The second-order valence-corrected chi connectivity index (χ2v) is 6.78. The molecule has 8 heteroatoms. The van der Waals surface area contributed by atoms with Crippen LogP contribution in [0.3, 0.4) is 0 Å². The minimum Gasteiger partial charge on any atom is -0.370 e. The highest BCUT2D eigenvalue weighted by molar-refractivity contribution is 7.89. The van der Waals surface area contributed by atoms with Gasteiger partial charge in [0.05, 0.1) is 10.4 Å². The lowest BCUT2D eigenvalue weighted by Gasteiger charge is -2.13. The molecule has 0 fully saturated rings. The maximum Gasteiger partial charge on any atom is 0.240 e. The number of hydrogen-bond acceptors (Lipinski definition) is 4. The molecule has 3 N–H and O–H groups in total. The van der Waals surface area contributed by atoms with Crippen LogP contribution in [0.1, 0.15) is 13.3 Å². The van der Waals surface area contributed by atoms with E-state index in [1.54, 1.807) is 25.1 Å². The van der Waals surface area contributed by atoms with Crippen LogP contribution in [0, 0.1) is 0 Å². The summed E-state index contributed by atoms with van der Waals surface area (Å²) in [7, 11) is -3.73. The number of amides is 1. The maximum atomic E-state index is 12.2. The Kier molecular flexibility index (Phi) is 4.46. The summed E-state index contributed by atoms with van der Waals surface area (Å²) in [5.74, 6) is -0.567. The number of nitrogens with one attached hydrogen (secondary N) is 1. The third kappa shape index (κ3) is 3.90. The number of rotatable bonds is 5. The van der Waals surface area contributed by atoms with E-state index in [-0.39, 0.29) is 11.3 Å². The molecule has 0 aliphatic carbocycles. The second-order valence-electron chi connectivity index (χ2n) is 4.68. The van der Waals surface area contributed by atoms with Crippen molar-refractivity contribution < 1.29 is 13.2 Å². The fourth-order valence-corrected chi connectivity index (χ4v) is 3.35. The number of benzene rings is 1. The van der Waals surface area contributed by atoms with Crippen LogP contribution >= 0.6 is 11.6 Å². The van der Waals surface area contributed by atoms with E-state index in [0.717, 1.165) is 0 Å². The predicted molar refractivity (Wildman–Crippen MR) is 80.3 cm³/mol. The molecule has 0 saturated heterocycles. The molecular formula is C13H14ClN3O3S. The summed E-state index contributed by atoms with van der Waals surface area (Å²) < 4.78 is 26.9. The van der Waals surface area contributed by atoms with Gasteiger partial charge in [0.1, 0.15) is 5.15 Å². The summed E-state index contributed by atoms with van der Waals surface area (Å²) in [5, 5.41) is 0.996. The van der Waals surface area contributed by atoms with E-state index in [0.29, 0.717) is 16.1 Å². The first-order valence-corrected chi connectivity index (χ1v) is 8.01. The smallest absolute Gasteiger partial charge is 0.240 e. The highest BCUT2D eigenvalue weighted by Gasteiger charge is 2.19. The van der Waals surface area contributed by atoms with Crippen LogP contribution in [0.25, 0.3) is 10.9 Å². The Balaban J connectivity index is 2.32. The summed E-state index contributed by atoms with van der Waals surface area (Å²) in [6, 6.07) is 7.21. The zero-order valence-electron chi connectivity index (χ0n) is 11.2. The molecule has 1 aromatic carbocycles. The minimum atomic E-state index is -3.73. The summed E-state index contributed by atoms with van der Waals surface area (Å²) in [5.41, 5.74) is 5.65. The van der Waals surface area contributed by atoms with Crippen molar-refractivity contribution in [2.24, 2.45) is 5.73 Å². The summed E-state index contributed by atoms with van der Waals surface area (Å²) in [4.78, 5) is 15.0. The third-order valence-corrected chi connectivity index (χ3v) is 4.60. The maximum absolute atomic E-state index is 12.2. The first kappa shape index (κ1) is 15.7. The average molecular weight is 328 g/mol. The highest BCUT2D eigenvalue weighted by atomic mass is 35.5. The van der Waals surface area contributed by atoms with Crippen LogP contribution < -0.4 is 10.5 Å². The number of pyridine rings is 1. The monoisotopic (exact) mass is 327 g/mol. The number of fused-ring (bicyclic) bond motifs is 1. The first-order chi connectivity index (χ1) is 9.78. The first-order valence-electron chi connectivity index (χ1n) is 6.15. The zero-order valence-corrected chi connectivity index (χ0v) is 12.8. The van der Waals surface area contributed by atoms with Crippen molar-refractivity contribution in [3.05, 3.63) is 35.5 Å². The molecule has 1 atom stereocenters. The Morgan fingerprint density at radius 1 is 1.38 bits per heavy atom. The van der Waals surface area contributed by atoms with Crippen molar-refractivity contribution in [2.75, 3.05) is 0 Å². The number of carbonyl (C=O) groups excluding carboxylic acids is 1. The lowest BCUT2D eigenvalue weighted by Crippen LogP contribution is -2.35. The molecule has 1 unspecified atom stereocenters. The zero-order chi connectivity index (χ0) is 15.6. The molecule has 0 saturated carbocycles. The normalized spacial score (nSPS) is 13.2. The van der Waals surface area contributed by atoms with E-state index in [4.69, 9.17) is 17.3 Å². The van der Waals surface area contributed by atoms with Crippen LogP contribution in [0.4, 0.5) is 0 Å². The van der Waals surface area contributed by atoms with Gasteiger partial charge in [-0.1, -0.05) is 11.6 Å². The van der Waals surface area contributed by atoms with Crippen LogP contribution in [-0.2, 0) is 14.8 Å².